The average molecular weight is 271 g/mol. The summed E-state index contributed by atoms with van der Waals surface area (Å²) in [6.07, 6.45) is 3.66. The van der Waals surface area contributed by atoms with Crippen LogP contribution in [0.25, 0.3) is 0 Å². The molecule has 1 aromatic heterocycles. The van der Waals surface area contributed by atoms with Gasteiger partial charge < -0.3 is 4.74 Å². The topological polar surface area (TPSA) is 39.2 Å². The van der Waals surface area contributed by atoms with Crippen LogP contribution in [-0.2, 0) is 0 Å². The lowest BCUT2D eigenvalue weighted by atomic mass is 9.87. The minimum absolute atomic E-state index is 0.0845. The number of ketones is 1. The van der Waals surface area contributed by atoms with Crippen molar-refractivity contribution >= 4 is 5.78 Å². The van der Waals surface area contributed by atoms with Crippen LogP contribution in [0.3, 0.4) is 0 Å². The molecule has 1 aliphatic rings. The van der Waals surface area contributed by atoms with E-state index in [0.29, 0.717) is 18.6 Å². The van der Waals surface area contributed by atoms with Crippen molar-refractivity contribution in [1.29, 1.82) is 0 Å². The molecule has 1 atom stereocenters. The summed E-state index contributed by atoms with van der Waals surface area (Å²) >= 11 is 0. The molecule has 2 aromatic rings. The van der Waals surface area contributed by atoms with Gasteiger partial charge in [-0.25, -0.2) is 4.39 Å². The Morgan fingerprint density at radius 3 is 3.05 bits per heavy atom. The van der Waals surface area contributed by atoms with Gasteiger partial charge in [-0.05, 0) is 30.0 Å². The van der Waals surface area contributed by atoms with E-state index in [4.69, 9.17) is 4.74 Å². The van der Waals surface area contributed by atoms with E-state index in [1.807, 2.05) is 24.3 Å². The normalized spacial score (nSPS) is 17.1. The number of carbonyl (C=O) groups is 1. The summed E-state index contributed by atoms with van der Waals surface area (Å²) in [6.45, 7) is 0.608. The van der Waals surface area contributed by atoms with Gasteiger partial charge >= 0.3 is 0 Å². The first-order valence-electron chi connectivity index (χ1n) is 6.59. The number of hydrogen-bond acceptors (Lipinski definition) is 3. The first kappa shape index (κ1) is 12.8. The van der Waals surface area contributed by atoms with Gasteiger partial charge in [0.1, 0.15) is 11.6 Å². The number of ether oxygens (including phenoxy) is 1. The maximum Gasteiger partial charge on any atom is 0.165 e. The molecule has 0 bridgehead atoms. The molecule has 0 N–H and O–H groups in total. The molecule has 20 heavy (non-hydrogen) atoms. The zero-order chi connectivity index (χ0) is 13.9. The Labute approximate surface area is 116 Å². The van der Waals surface area contributed by atoms with E-state index in [9.17, 15) is 9.18 Å². The molecule has 0 saturated carbocycles. The second kappa shape index (κ2) is 5.41. The maximum absolute atomic E-state index is 13.1. The van der Waals surface area contributed by atoms with Gasteiger partial charge in [0.25, 0.3) is 0 Å². The Kier molecular flexibility index (Phi) is 3.46. The van der Waals surface area contributed by atoms with E-state index in [1.165, 1.54) is 12.3 Å². The van der Waals surface area contributed by atoms with Gasteiger partial charge in [0.05, 0.1) is 12.8 Å². The summed E-state index contributed by atoms with van der Waals surface area (Å²) in [7, 11) is 0. The summed E-state index contributed by atoms with van der Waals surface area (Å²) in [6, 6.07) is 8.99. The first-order valence-corrected chi connectivity index (χ1v) is 6.59. The van der Waals surface area contributed by atoms with Crippen LogP contribution in [0.4, 0.5) is 4.39 Å². The third-order valence-corrected chi connectivity index (χ3v) is 3.54. The molecule has 1 aromatic carbocycles. The van der Waals surface area contributed by atoms with Crippen molar-refractivity contribution in [2.45, 2.75) is 18.8 Å². The number of Topliss-reactive ketones (excluding diaryl/α,β-unsaturated/α-hetero) is 1. The van der Waals surface area contributed by atoms with Crippen LogP contribution in [0.1, 0.15) is 34.7 Å². The van der Waals surface area contributed by atoms with Crippen molar-refractivity contribution in [3.63, 3.8) is 0 Å². The van der Waals surface area contributed by atoms with Crippen LogP contribution in [0.2, 0.25) is 0 Å². The standard InChI is InChI=1S/C16H14FNO2/c17-13-7-12(9-18-10-13)15(19)8-11-5-6-20-16-4-2-1-3-14(11)16/h1-4,7,9-11H,5-6,8H2. The third-order valence-electron chi connectivity index (χ3n) is 3.54. The molecule has 3 rings (SSSR count). The number of fused-ring (bicyclic) bond motifs is 1. The lowest BCUT2D eigenvalue weighted by Gasteiger charge is -2.25. The van der Waals surface area contributed by atoms with Gasteiger partial charge in [0.2, 0.25) is 0 Å². The van der Waals surface area contributed by atoms with E-state index >= 15 is 0 Å². The fourth-order valence-electron chi connectivity index (χ4n) is 2.53. The highest BCUT2D eigenvalue weighted by Gasteiger charge is 2.24. The monoisotopic (exact) mass is 271 g/mol. The van der Waals surface area contributed by atoms with Crippen molar-refractivity contribution in [2.24, 2.45) is 0 Å². The van der Waals surface area contributed by atoms with E-state index in [1.54, 1.807) is 0 Å². The molecule has 1 aliphatic heterocycles. The van der Waals surface area contributed by atoms with Crippen molar-refractivity contribution in [2.75, 3.05) is 6.61 Å². The lowest BCUT2D eigenvalue weighted by molar-refractivity contribution is 0.0965. The largest absolute Gasteiger partial charge is 0.493 e. The van der Waals surface area contributed by atoms with E-state index < -0.39 is 5.82 Å². The Balaban J connectivity index is 1.81. The summed E-state index contributed by atoms with van der Waals surface area (Å²) in [5, 5.41) is 0. The number of para-hydroxylation sites is 1. The van der Waals surface area contributed by atoms with Crippen LogP contribution in [0.15, 0.2) is 42.7 Å². The van der Waals surface area contributed by atoms with Gasteiger partial charge in [0.15, 0.2) is 5.78 Å². The highest BCUT2D eigenvalue weighted by atomic mass is 19.1. The SMILES string of the molecule is O=C(CC1CCOc2ccccc21)c1cncc(F)c1. The average Bonchev–Trinajstić information content (AvgIpc) is 2.47. The van der Waals surface area contributed by atoms with Gasteiger partial charge in [-0.1, -0.05) is 18.2 Å². The number of aromatic nitrogens is 1. The Hall–Kier alpha value is -2.23. The second-order valence-corrected chi connectivity index (χ2v) is 4.89. The van der Waals surface area contributed by atoms with Crippen molar-refractivity contribution in [3.8, 4) is 5.75 Å². The zero-order valence-corrected chi connectivity index (χ0v) is 10.9. The number of carbonyl (C=O) groups excluding carboxylic acids is 1. The van der Waals surface area contributed by atoms with Gasteiger partial charge in [-0.15, -0.1) is 0 Å². The van der Waals surface area contributed by atoms with Crippen molar-refractivity contribution < 1.29 is 13.9 Å². The zero-order valence-electron chi connectivity index (χ0n) is 10.9. The van der Waals surface area contributed by atoms with E-state index in [-0.39, 0.29) is 11.7 Å². The predicted molar refractivity (Wildman–Crippen MR) is 72.4 cm³/mol. The summed E-state index contributed by atoms with van der Waals surface area (Å²) < 4.78 is 18.7. The van der Waals surface area contributed by atoms with Crippen molar-refractivity contribution in [1.82, 2.24) is 4.98 Å². The number of halogens is 1. The van der Waals surface area contributed by atoms with Crippen LogP contribution in [0.5, 0.6) is 5.75 Å². The number of benzene rings is 1. The highest BCUT2D eigenvalue weighted by Crippen LogP contribution is 2.36. The molecule has 0 spiro atoms. The second-order valence-electron chi connectivity index (χ2n) is 4.89. The number of nitrogens with zero attached hydrogens (tertiary/aromatic N) is 1. The molecular formula is C16H14FNO2. The molecule has 0 aliphatic carbocycles. The molecule has 1 unspecified atom stereocenters. The number of hydrogen-bond donors (Lipinski definition) is 0. The molecule has 4 heteroatoms. The molecule has 0 amide bonds. The summed E-state index contributed by atoms with van der Waals surface area (Å²) in [5.41, 5.74) is 1.38. The Morgan fingerprint density at radius 1 is 1.35 bits per heavy atom. The van der Waals surface area contributed by atoms with Crippen LogP contribution in [-0.4, -0.2) is 17.4 Å². The molecule has 102 valence electrons. The van der Waals surface area contributed by atoms with Crippen LogP contribution >= 0.6 is 0 Å². The smallest absolute Gasteiger partial charge is 0.165 e. The molecular weight excluding hydrogens is 257 g/mol. The van der Waals surface area contributed by atoms with Crippen LogP contribution in [0, 0.1) is 5.82 Å². The minimum Gasteiger partial charge on any atom is -0.493 e. The predicted octanol–water partition coefficient (Wildman–Crippen LogP) is 3.36. The molecule has 0 fully saturated rings. The van der Waals surface area contributed by atoms with Gasteiger partial charge in [-0.2, -0.15) is 0 Å². The lowest BCUT2D eigenvalue weighted by Crippen LogP contribution is -2.17. The summed E-state index contributed by atoms with van der Waals surface area (Å²) in [5.74, 6) is 0.395. The molecule has 0 radical (unpaired) electrons. The first-order chi connectivity index (χ1) is 9.74. The molecule has 0 saturated heterocycles. The van der Waals surface area contributed by atoms with Crippen molar-refractivity contribution in [3.05, 3.63) is 59.7 Å². The van der Waals surface area contributed by atoms with E-state index in [0.717, 1.165) is 23.9 Å². The fraction of sp³-hybridized carbons (Fsp3) is 0.250. The Bertz CT molecular complexity index is 642. The fourth-order valence-corrected chi connectivity index (χ4v) is 2.53. The molecule has 2 heterocycles. The van der Waals surface area contributed by atoms with Gasteiger partial charge in [-0.3, -0.25) is 9.78 Å². The molecule has 3 nitrogen and oxygen atoms in total. The number of rotatable bonds is 3. The highest BCUT2D eigenvalue weighted by molar-refractivity contribution is 5.96. The third kappa shape index (κ3) is 2.54. The minimum atomic E-state index is -0.483. The maximum atomic E-state index is 13.1. The van der Waals surface area contributed by atoms with Gasteiger partial charge in [0, 0.05) is 18.2 Å². The quantitative estimate of drug-likeness (QED) is 0.803. The number of pyridine rings is 1. The van der Waals surface area contributed by atoms with E-state index in [2.05, 4.69) is 4.98 Å². The van der Waals surface area contributed by atoms with Crippen LogP contribution < -0.4 is 4.74 Å². The Morgan fingerprint density at radius 2 is 2.20 bits per heavy atom. The summed E-state index contributed by atoms with van der Waals surface area (Å²) in [4.78, 5) is 15.9.